The van der Waals surface area contributed by atoms with Gasteiger partial charge in [-0.2, -0.15) is 0 Å². The summed E-state index contributed by atoms with van der Waals surface area (Å²) in [7, 11) is 0. The van der Waals surface area contributed by atoms with Crippen molar-refractivity contribution in [1.82, 2.24) is 31.2 Å². The zero-order valence-electron chi connectivity index (χ0n) is 23.3. The maximum atomic E-state index is 13.1. The average Bonchev–Trinajstić information content (AvgIpc) is 3.42. The molecule has 2 atom stereocenters. The largest absolute Gasteiger partial charge is 0.481 e. The number of aromatic nitrogens is 2. The molecule has 5 amide bonds. The summed E-state index contributed by atoms with van der Waals surface area (Å²) in [5.74, 6) is -4.69. The first-order chi connectivity index (χ1) is 19.9. The van der Waals surface area contributed by atoms with E-state index in [0.717, 1.165) is 16.9 Å². The van der Waals surface area contributed by atoms with Crippen LogP contribution in [-0.4, -0.2) is 57.4 Å². The van der Waals surface area contributed by atoms with Gasteiger partial charge >= 0.3 is 12.0 Å². The number of carbonyl (C=O) groups excluding carboxylic acids is 4. The fraction of sp³-hybridized carbons (Fsp3) is 0.321. The molecule has 42 heavy (non-hydrogen) atoms. The van der Waals surface area contributed by atoms with E-state index < -0.39 is 53.6 Å². The third-order valence-electron chi connectivity index (χ3n) is 5.98. The number of pyridine rings is 1. The number of benzene rings is 1. The highest BCUT2D eigenvalue weighted by Crippen LogP contribution is 2.29. The Bertz CT molecular complexity index is 1390. The number of nitrogens with one attached hydrogen (secondary N) is 5. The van der Waals surface area contributed by atoms with Gasteiger partial charge in [-0.3, -0.25) is 29.5 Å². The molecule has 0 fully saturated rings. The Balaban J connectivity index is 1.56. The van der Waals surface area contributed by atoms with Gasteiger partial charge in [-0.05, 0) is 22.6 Å². The molecule has 2 aromatic heterocycles. The smallest absolute Gasteiger partial charge is 0.321 e. The van der Waals surface area contributed by atoms with Gasteiger partial charge < -0.3 is 26.4 Å². The van der Waals surface area contributed by atoms with Crippen LogP contribution in [-0.2, 0) is 27.5 Å². The summed E-state index contributed by atoms with van der Waals surface area (Å²) < 4.78 is 0. The Hall–Kier alpha value is -4.85. The number of carboxylic acids is 1. The fourth-order valence-corrected chi connectivity index (χ4v) is 4.63. The van der Waals surface area contributed by atoms with Gasteiger partial charge in [0.15, 0.2) is 5.13 Å². The molecule has 0 aliphatic carbocycles. The van der Waals surface area contributed by atoms with Gasteiger partial charge in [0, 0.05) is 30.9 Å². The van der Waals surface area contributed by atoms with E-state index in [-0.39, 0.29) is 17.4 Å². The van der Waals surface area contributed by atoms with Gasteiger partial charge in [0.1, 0.15) is 11.7 Å². The second-order valence-electron chi connectivity index (χ2n) is 10.3. The van der Waals surface area contributed by atoms with Crippen molar-refractivity contribution in [2.45, 2.75) is 39.9 Å². The van der Waals surface area contributed by atoms with E-state index in [1.807, 2.05) is 30.3 Å². The number of carbonyl (C=O) groups is 5. The summed E-state index contributed by atoms with van der Waals surface area (Å²) in [5.41, 5.74) is 0.679. The van der Waals surface area contributed by atoms with E-state index in [9.17, 15) is 29.1 Å². The fourth-order valence-electron chi connectivity index (χ4n) is 3.95. The normalized spacial score (nSPS) is 12.4. The van der Waals surface area contributed by atoms with Crippen molar-refractivity contribution in [3.8, 4) is 0 Å². The number of hydrogen-bond donors (Lipinski definition) is 6. The molecule has 14 heteroatoms. The number of aliphatic carboxylic acids is 1. The van der Waals surface area contributed by atoms with Crippen LogP contribution < -0.4 is 26.6 Å². The van der Waals surface area contributed by atoms with E-state index in [4.69, 9.17) is 0 Å². The highest BCUT2D eigenvalue weighted by Gasteiger charge is 2.42. The van der Waals surface area contributed by atoms with Gasteiger partial charge in [0.2, 0.25) is 11.8 Å². The summed E-state index contributed by atoms with van der Waals surface area (Å²) in [4.78, 5) is 70.8. The third kappa shape index (κ3) is 9.66. The molecule has 0 saturated carbocycles. The minimum absolute atomic E-state index is 0.0324. The molecule has 0 radical (unpaired) electrons. The Morgan fingerprint density at radius 3 is 2.26 bits per heavy atom. The molecule has 222 valence electrons. The molecule has 3 rings (SSSR count). The summed E-state index contributed by atoms with van der Waals surface area (Å²) in [6, 6.07) is 10.8. The van der Waals surface area contributed by atoms with Crippen molar-refractivity contribution in [2.75, 3.05) is 11.9 Å². The summed E-state index contributed by atoms with van der Waals surface area (Å²) in [6.07, 6.45) is 3.13. The Labute approximate surface area is 246 Å². The monoisotopic (exact) mass is 595 g/mol. The number of thiazole rings is 1. The maximum Gasteiger partial charge on any atom is 0.321 e. The molecule has 1 unspecified atom stereocenters. The molecule has 0 saturated heterocycles. The molecule has 0 aliphatic heterocycles. The summed E-state index contributed by atoms with van der Waals surface area (Å²) >= 11 is 1.02. The Morgan fingerprint density at radius 1 is 0.929 bits per heavy atom. The second-order valence-corrected chi connectivity index (χ2v) is 11.2. The van der Waals surface area contributed by atoms with Crippen LogP contribution in [0.3, 0.4) is 0 Å². The minimum Gasteiger partial charge on any atom is -0.481 e. The quantitative estimate of drug-likeness (QED) is 0.183. The lowest BCUT2D eigenvalue weighted by Gasteiger charge is -2.33. The predicted molar refractivity (Wildman–Crippen MR) is 155 cm³/mol. The van der Waals surface area contributed by atoms with Crippen LogP contribution in [0.15, 0.2) is 60.2 Å². The number of rotatable bonds is 12. The molecule has 13 nitrogen and oxygen atoms in total. The zero-order chi connectivity index (χ0) is 30.7. The molecule has 0 aliphatic rings. The van der Waals surface area contributed by atoms with Gasteiger partial charge in [0.25, 0.3) is 5.91 Å². The lowest BCUT2D eigenvalue weighted by atomic mass is 9.75. The molecular weight excluding hydrogens is 562 g/mol. The second kappa shape index (κ2) is 14.7. The van der Waals surface area contributed by atoms with E-state index in [2.05, 4.69) is 36.6 Å². The number of amides is 5. The first-order valence-corrected chi connectivity index (χ1v) is 13.8. The number of anilines is 1. The van der Waals surface area contributed by atoms with Crippen molar-refractivity contribution in [1.29, 1.82) is 0 Å². The van der Waals surface area contributed by atoms with Crippen molar-refractivity contribution in [2.24, 2.45) is 11.3 Å². The SMILES string of the molecule is CC(C)(C)[C@H](C(=O)O)C(NC(=O)CNC(=O)c1csc(NC(=O)NCc2ccccc2)n1)C(=O)NCc1cccnc1. The predicted octanol–water partition coefficient (Wildman–Crippen LogP) is 2.14. The van der Waals surface area contributed by atoms with Gasteiger partial charge in [-0.25, -0.2) is 9.78 Å². The Morgan fingerprint density at radius 2 is 1.62 bits per heavy atom. The molecule has 2 heterocycles. The number of hydrogen-bond acceptors (Lipinski definition) is 8. The van der Waals surface area contributed by atoms with Gasteiger partial charge in [-0.15, -0.1) is 11.3 Å². The maximum absolute atomic E-state index is 13.1. The van der Waals surface area contributed by atoms with Crippen LogP contribution in [0.2, 0.25) is 0 Å². The molecule has 1 aromatic carbocycles. The van der Waals surface area contributed by atoms with Crippen molar-refractivity contribution in [3.63, 3.8) is 0 Å². The topological polar surface area (TPSA) is 192 Å². The number of urea groups is 1. The molecule has 6 N–H and O–H groups in total. The Kier molecular flexibility index (Phi) is 11.1. The molecule has 0 spiro atoms. The molecular formula is C28H33N7O6S. The lowest BCUT2D eigenvalue weighted by Crippen LogP contribution is -2.57. The van der Waals surface area contributed by atoms with Crippen molar-refractivity contribution < 1.29 is 29.1 Å². The van der Waals surface area contributed by atoms with Crippen LogP contribution >= 0.6 is 11.3 Å². The third-order valence-corrected chi connectivity index (χ3v) is 6.74. The molecule has 0 bridgehead atoms. The van der Waals surface area contributed by atoms with Crippen LogP contribution in [0.1, 0.15) is 42.4 Å². The van der Waals surface area contributed by atoms with E-state index in [1.165, 1.54) is 5.38 Å². The van der Waals surface area contributed by atoms with Gasteiger partial charge in [0.05, 0.1) is 12.5 Å². The van der Waals surface area contributed by atoms with Crippen LogP contribution in [0, 0.1) is 11.3 Å². The number of nitrogens with zero attached hydrogens (tertiary/aromatic N) is 2. The zero-order valence-corrected chi connectivity index (χ0v) is 24.2. The number of carboxylic acid groups (broad SMARTS) is 1. The van der Waals surface area contributed by atoms with Crippen LogP contribution in [0.4, 0.5) is 9.93 Å². The van der Waals surface area contributed by atoms with E-state index >= 15 is 0 Å². The standard InChI is InChI=1S/C28H33N7O6S/c1-28(2,3)21(25(39)40)22(24(38)30-14-18-10-7-11-29-12-18)34-20(36)15-31-23(37)19-16-42-27(33-19)35-26(41)32-13-17-8-5-4-6-9-17/h4-12,16,21-22H,13-15H2,1-3H3,(H,30,38)(H,31,37)(H,34,36)(H,39,40)(H2,32,33,35,41)/t21-,22?/m0/s1. The van der Waals surface area contributed by atoms with Crippen molar-refractivity contribution in [3.05, 3.63) is 77.1 Å². The first-order valence-electron chi connectivity index (χ1n) is 13.0. The van der Waals surface area contributed by atoms with E-state index in [1.54, 1.807) is 45.3 Å². The highest BCUT2D eigenvalue weighted by molar-refractivity contribution is 7.14. The van der Waals surface area contributed by atoms with Crippen LogP contribution in [0.5, 0.6) is 0 Å². The van der Waals surface area contributed by atoms with Crippen molar-refractivity contribution >= 4 is 46.2 Å². The summed E-state index contributed by atoms with van der Waals surface area (Å²) in [6.45, 7) is 4.79. The average molecular weight is 596 g/mol. The molecule has 3 aromatic rings. The minimum atomic E-state index is -1.42. The lowest BCUT2D eigenvalue weighted by molar-refractivity contribution is -0.150. The van der Waals surface area contributed by atoms with E-state index in [0.29, 0.717) is 12.1 Å². The highest BCUT2D eigenvalue weighted by atomic mass is 32.1. The first kappa shape index (κ1) is 31.7. The van der Waals surface area contributed by atoms with Gasteiger partial charge in [-0.1, -0.05) is 57.2 Å². The van der Waals surface area contributed by atoms with Crippen LogP contribution in [0.25, 0.3) is 0 Å². The summed E-state index contributed by atoms with van der Waals surface area (Å²) in [5, 5.41) is 24.2.